The minimum absolute atomic E-state index is 0.0894. The Morgan fingerprint density at radius 2 is 1.76 bits per heavy atom. The molecule has 3 aromatic rings. The van der Waals surface area contributed by atoms with Crippen molar-refractivity contribution in [1.29, 1.82) is 0 Å². The van der Waals surface area contributed by atoms with Crippen molar-refractivity contribution < 1.29 is 33.3 Å². The SMILES string of the molecule is Cc1cc(OCCC(C)(C)O)cc(C)c1-c1cc(COc2ccc([C@H]3C[C@@H]3C(=O)O)nc2)c(F)cc1F. The van der Waals surface area contributed by atoms with Crippen LogP contribution in [-0.4, -0.2) is 33.4 Å². The number of benzene rings is 2. The maximum Gasteiger partial charge on any atom is 0.307 e. The first kappa shape index (κ1) is 26.5. The highest BCUT2D eigenvalue weighted by Gasteiger charge is 2.45. The maximum atomic E-state index is 14.9. The number of rotatable bonds is 10. The summed E-state index contributed by atoms with van der Waals surface area (Å²) in [6.07, 6.45) is 2.52. The van der Waals surface area contributed by atoms with Crippen molar-refractivity contribution in [2.75, 3.05) is 6.61 Å². The number of aliphatic hydroxyl groups is 1. The molecule has 8 heteroatoms. The predicted molar refractivity (Wildman–Crippen MR) is 135 cm³/mol. The average Bonchev–Trinajstić information content (AvgIpc) is 3.60. The van der Waals surface area contributed by atoms with Crippen LogP contribution in [-0.2, 0) is 11.4 Å². The summed E-state index contributed by atoms with van der Waals surface area (Å²) in [4.78, 5) is 15.3. The predicted octanol–water partition coefficient (Wildman–Crippen LogP) is 5.95. The number of carboxylic acids is 1. The minimum atomic E-state index is -0.835. The summed E-state index contributed by atoms with van der Waals surface area (Å²) < 4.78 is 41.0. The highest BCUT2D eigenvalue weighted by Crippen LogP contribution is 2.46. The van der Waals surface area contributed by atoms with E-state index in [1.54, 1.807) is 38.1 Å². The van der Waals surface area contributed by atoms with Crippen LogP contribution in [0.15, 0.2) is 42.6 Å². The van der Waals surface area contributed by atoms with Gasteiger partial charge in [-0.25, -0.2) is 8.78 Å². The lowest BCUT2D eigenvalue weighted by molar-refractivity contribution is -0.138. The van der Waals surface area contributed by atoms with Gasteiger partial charge in [-0.2, -0.15) is 0 Å². The van der Waals surface area contributed by atoms with Crippen LogP contribution in [0.25, 0.3) is 11.1 Å². The third-order valence-corrected chi connectivity index (χ3v) is 6.54. The Bertz CT molecular complexity index is 1280. The molecule has 1 saturated carbocycles. The Morgan fingerprint density at radius 3 is 2.32 bits per heavy atom. The number of aliphatic carboxylic acids is 1. The summed E-state index contributed by atoms with van der Waals surface area (Å²) in [5.41, 5.74) is 2.51. The van der Waals surface area contributed by atoms with Crippen LogP contribution in [0.3, 0.4) is 0 Å². The fourth-order valence-corrected chi connectivity index (χ4v) is 4.40. The number of carbonyl (C=O) groups is 1. The highest BCUT2D eigenvalue weighted by atomic mass is 19.1. The largest absolute Gasteiger partial charge is 0.493 e. The molecule has 196 valence electrons. The molecule has 0 amide bonds. The van der Waals surface area contributed by atoms with Gasteiger partial charge >= 0.3 is 5.97 Å². The molecular weight excluding hydrogens is 480 g/mol. The van der Waals surface area contributed by atoms with Gasteiger partial charge in [0.1, 0.15) is 29.7 Å². The first-order chi connectivity index (χ1) is 17.4. The van der Waals surface area contributed by atoms with E-state index in [2.05, 4.69) is 4.98 Å². The molecule has 0 saturated heterocycles. The van der Waals surface area contributed by atoms with Crippen LogP contribution in [0, 0.1) is 31.4 Å². The first-order valence-electron chi connectivity index (χ1n) is 12.2. The quantitative estimate of drug-likeness (QED) is 0.350. The number of halogens is 2. The zero-order chi connectivity index (χ0) is 26.9. The Hall–Kier alpha value is -3.52. The molecule has 0 bridgehead atoms. The number of carboxylic acid groups (broad SMARTS) is 1. The molecule has 0 aliphatic heterocycles. The van der Waals surface area contributed by atoms with Crippen molar-refractivity contribution in [3.63, 3.8) is 0 Å². The summed E-state index contributed by atoms with van der Waals surface area (Å²) in [7, 11) is 0. The first-order valence-corrected chi connectivity index (χ1v) is 12.2. The van der Waals surface area contributed by atoms with Gasteiger partial charge in [-0.1, -0.05) is 0 Å². The van der Waals surface area contributed by atoms with E-state index in [4.69, 9.17) is 14.6 Å². The van der Waals surface area contributed by atoms with Crippen LogP contribution in [0.1, 0.15) is 55.0 Å². The molecular formula is C29H31F2NO5. The number of nitrogens with zero attached hydrogens (tertiary/aromatic N) is 1. The van der Waals surface area contributed by atoms with E-state index in [-0.39, 0.29) is 23.7 Å². The maximum absolute atomic E-state index is 14.9. The molecule has 2 N–H and O–H groups in total. The summed E-state index contributed by atoms with van der Waals surface area (Å²) in [5.74, 6) is -1.68. The van der Waals surface area contributed by atoms with Crippen molar-refractivity contribution in [2.24, 2.45) is 5.92 Å². The van der Waals surface area contributed by atoms with E-state index in [1.165, 1.54) is 12.3 Å². The Kier molecular flexibility index (Phi) is 7.50. The normalized spacial score (nSPS) is 16.9. The fourth-order valence-electron chi connectivity index (χ4n) is 4.40. The van der Waals surface area contributed by atoms with E-state index in [9.17, 15) is 18.7 Å². The topological polar surface area (TPSA) is 88.9 Å². The highest BCUT2D eigenvalue weighted by molar-refractivity contribution is 5.75. The van der Waals surface area contributed by atoms with Crippen LogP contribution >= 0.6 is 0 Å². The average molecular weight is 512 g/mol. The van der Waals surface area contributed by atoms with Crippen molar-refractivity contribution >= 4 is 5.97 Å². The van der Waals surface area contributed by atoms with Crippen molar-refractivity contribution in [2.45, 2.75) is 58.7 Å². The zero-order valence-corrected chi connectivity index (χ0v) is 21.3. The van der Waals surface area contributed by atoms with E-state index >= 15 is 0 Å². The van der Waals surface area contributed by atoms with E-state index < -0.39 is 29.1 Å². The van der Waals surface area contributed by atoms with Crippen LogP contribution in [0.2, 0.25) is 0 Å². The van der Waals surface area contributed by atoms with Crippen molar-refractivity contribution in [3.8, 4) is 22.6 Å². The number of hydrogen-bond acceptors (Lipinski definition) is 5. The van der Waals surface area contributed by atoms with Gasteiger partial charge in [0.2, 0.25) is 0 Å². The van der Waals surface area contributed by atoms with Gasteiger partial charge in [0.05, 0.1) is 24.3 Å². The van der Waals surface area contributed by atoms with Gasteiger partial charge in [-0.15, -0.1) is 0 Å². The monoisotopic (exact) mass is 511 g/mol. The molecule has 1 aliphatic carbocycles. The molecule has 0 radical (unpaired) electrons. The van der Waals surface area contributed by atoms with E-state index in [1.807, 2.05) is 13.8 Å². The molecule has 37 heavy (non-hydrogen) atoms. The number of aryl methyl sites for hydroxylation is 2. The second-order valence-electron chi connectivity index (χ2n) is 10.3. The van der Waals surface area contributed by atoms with Crippen LogP contribution in [0.5, 0.6) is 11.5 Å². The molecule has 6 nitrogen and oxygen atoms in total. The lowest BCUT2D eigenvalue weighted by Gasteiger charge is -2.19. The number of ether oxygens (including phenoxy) is 2. The van der Waals surface area contributed by atoms with Gasteiger partial charge in [0, 0.05) is 35.2 Å². The Labute approximate surface area is 214 Å². The summed E-state index contributed by atoms with van der Waals surface area (Å²) in [6, 6.07) is 9.31. The van der Waals surface area contributed by atoms with Crippen LogP contribution in [0.4, 0.5) is 8.78 Å². The summed E-state index contributed by atoms with van der Waals surface area (Å²) in [5, 5.41) is 19.0. The van der Waals surface area contributed by atoms with E-state index in [0.29, 0.717) is 42.2 Å². The second-order valence-corrected chi connectivity index (χ2v) is 10.3. The molecule has 1 aliphatic rings. The second kappa shape index (κ2) is 10.5. The molecule has 2 atom stereocenters. The number of hydrogen-bond donors (Lipinski definition) is 2. The summed E-state index contributed by atoms with van der Waals surface area (Å²) >= 11 is 0. The third kappa shape index (κ3) is 6.43. The lowest BCUT2D eigenvalue weighted by atomic mass is 9.93. The van der Waals surface area contributed by atoms with Gasteiger partial charge in [0.25, 0.3) is 0 Å². The summed E-state index contributed by atoms with van der Waals surface area (Å²) in [6.45, 7) is 7.32. The van der Waals surface area contributed by atoms with Crippen molar-refractivity contribution in [1.82, 2.24) is 4.98 Å². The number of aromatic nitrogens is 1. The fraction of sp³-hybridized carbons (Fsp3) is 0.379. The van der Waals surface area contributed by atoms with Gasteiger partial charge < -0.3 is 19.7 Å². The molecule has 4 rings (SSSR count). The zero-order valence-electron chi connectivity index (χ0n) is 21.3. The molecule has 0 unspecified atom stereocenters. The van der Waals surface area contributed by atoms with Gasteiger partial charge in [-0.3, -0.25) is 9.78 Å². The van der Waals surface area contributed by atoms with E-state index in [0.717, 1.165) is 17.2 Å². The standard InChI is InChI=1S/C29H31F2NO5/c1-16-9-20(36-8-7-29(3,4)35)10-17(2)27(16)23-11-18(24(30)13-25(23)31)15-37-19-5-6-26(32-14-19)21-12-22(21)28(33)34/h5-6,9-11,13-14,21-22,35H,7-8,12,15H2,1-4H3,(H,33,34)/t21-,22-/m0/s1. The van der Waals surface area contributed by atoms with Crippen LogP contribution < -0.4 is 9.47 Å². The lowest BCUT2D eigenvalue weighted by Crippen LogP contribution is -2.21. The molecule has 1 aromatic heterocycles. The Balaban J connectivity index is 1.49. The molecule has 1 heterocycles. The van der Waals surface area contributed by atoms with Gasteiger partial charge in [-0.05, 0) is 81.1 Å². The van der Waals surface area contributed by atoms with Crippen molar-refractivity contribution in [3.05, 3.63) is 76.6 Å². The third-order valence-electron chi connectivity index (χ3n) is 6.54. The molecule has 2 aromatic carbocycles. The molecule has 1 fully saturated rings. The Morgan fingerprint density at radius 1 is 1.05 bits per heavy atom. The molecule has 0 spiro atoms. The smallest absolute Gasteiger partial charge is 0.307 e. The van der Waals surface area contributed by atoms with Gasteiger partial charge in [0.15, 0.2) is 0 Å². The number of pyridine rings is 1. The minimum Gasteiger partial charge on any atom is -0.493 e.